The number of rotatable bonds is 7. The first kappa shape index (κ1) is 22.4. The first-order chi connectivity index (χ1) is 15.7. The molecule has 4 aromatic rings. The van der Waals surface area contributed by atoms with Crippen LogP contribution in [0.15, 0.2) is 54.9 Å². The third-order valence-electron chi connectivity index (χ3n) is 5.09. The van der Waals surface area contributed by atoms with E-state index in [1.807, 2.05) is 30.5 Å². The fourth-order valence-corrected chi connectivity index (χ4v) is 3.33. The zero-order valence-corrected chi connectivity index (χ0v) is 18.1. The molecule has 0 radical (unpaired) electrons. The molecule has 0 atom stereocenters. The second-order valence-corrected chi connectivity index (χ2v) is 7.86. The van der Waals surface area contributed by atoms with Gasteiger partial charge in [0.15, 0.2) is 17.0 Å². The van der Waals surface area contributed by atoms with E-state index in [-0.39, 0.29) is 17.7 Å². The smallest absolute Gasteiger partial charge is 0.416 e. The van der Waals surface area contributed by atoms with Crippen LogP contribution in [0.1, 0.15) is 31.0 Å². The van der Waals surface area contributed by atoms with Gasteiger partial charge in [-0.1, -0.05) is 12.1 Å². The van der Waals surface area contributed by atoms with Crippen molar-refractivity contribution < 1.29 is 18.3 Å². The molecule has 0 unspecified atom stereocenters. The van der Waals surface area contributed by atoms with Crippen molar-refractivity contribution in [3.05, 3.63) is 66.0 Å². The van der Waals surface area contributed by atoms with Crippen LogP contribution in [-0.2, 0) is 12.6 Å². The Morgan fingerprint density at radius 1 is 1.00 bits per heavy atom. The summed E-state index contributed by atoms with van der Waals surface area (Å²) in [6.45, 7) is 4.57. The zero-order chi connectivity index (χ0) is 23.6. The summed E-state index contributed by atoms with van der Waals surface area (Å²) in [5.74, 6) is 0.979. The van der Waals surface area contributed by atoms with E-state index in [4.69, 9.17) is 0 Å². The van der Waals surface area contributed by atoms with E-state index in [0.29, 0.717) is 35.6 Å². The number of fused-ring (bicyclic) bond motifs is 1. The topological polar surface area (TPSA) is 87.9 Å². The van der Waals surface area contributed by atoms with Gasteiger partial charge in [0, 0.05) is 18.3 Å². The molecule has 0 saturated heterocycles. The fourth-order valence-electron chi connectivity index (χ4n) is 3.33. The highest BCUT2D eigenvalue weighted by atomic mass is 19.4. The molecule has 0 aliphatic heterocycles. The van der Waals surface area contributed by atoms with Gasteiger partial charge in [-0.25, -0.2) is 4.98 Å². The number of benzene rings is 2. The van der Waals surface area contributed by atoms with Crippen molar-refractivity contribution in [2.75, 3.05) is 17.2 Å². The van der Waals surface area contributed by atoms with Crippen LogP contribution in [0.25, 0.3) is 11.2 Å². The molecule has 2 aromatic heterocycles. The number of anilines is 3. The van der Waals surface area contributed by atoms with Crippen LogP contribution in [0.3, 0.4) is 0 Å². The van der Waals surface area contributed by atoms with Gasteiger partial charge in [0.2, 0.25) is 5.95 Å². The molecule has 7 nitrogen and oxygen atoms in total. The van der Waals surface area contributed by atoms with Crippen molar-refractivity contribution in [2.45, 2.75) is 32.5 Å². The Morgan fingerprint density at radius 2 is 1.70 bits per heavy atom. The first-order valence-corrected chi connectivity index (χ1v) is 10.4. The average molecular weight is 456 g/mol. The molecule has 4 rings (SSSR count). The van der Waals surface area contributed by atoms with E-state index in [9.17, 15) is 18.3 Å². The van der Waals surface area contributed by atoms with Crippen LogP contribution < -0.4 is 10.6 Å². The van der Waals surface area contributed by atoms with E-state index in [2.05, 4.69) is 25.6 Å². The normalized spacial score (nSPS) is 11.8. The standard InChI is InChI=1S/C23H23F3N6O/c1-14(2)32-13-28-19-20(27-12-11-15-3-9-18(33)10-4-15)30-22(31-21(19)32)29-17-7-5-16(6-8-17)23(24,25)26/h3-10,13-14,33H,11-12H2,1-2H3,(H2,27,29,30,31). The molecule has 2 aromatic carbocycles. The number of nitrogens with one attached hydrogen (secondary N) is 2. The van der Waals surface area contributed by atoms with Gasteiger partial charge in [0.25, 0.3) is 0 Å². The predicted octanol–water partition coefficient (Wildman–Crippen LogP) is 5.53. The summed E-state index contributed by atoms with van der Waals surface area (Å²) in [6, 6.07) is 11.8. The number of alkyl halides is 3. The number of phenolic OH excluding ortho intramolecular Hbond substituents is 1. The largest absolute Gasteiger partial charge is 0.508 e. The highest BCUT2D eigenvalue weighted by Crippen LogP contribution is 2.30. The lowest BCUT2D eigenvalue weighted by atomic mass is 10.1. The van der Waals surface area contributed by atoms with Crippen LogP contribution >= 0.6 is 0 Å². The summed E-state index contributed by atoms with van der Waals surface area (Å²) in [4.78, 5) is 13.5. The summed E-state index contributed by atoms with van der Waals surface area (Å²) in [6.07, 6.45) is -2.01. The maximum absolute atomic E-state index is 12.8. The summed E-state index contributed by atoms with van der Waals surface area (Å²) in [5, 5.41) is 15.7. The number of phenols is 1. The van der Waals surface area contributed by atoms with E-state index >= 15 is 0 Å². The molecule has 2 heterocycles. The Bertz CT molecular complexity index is 1230. The molecular formula is C23H23F3N6O. The van der Waals surface area contributed by atoms with Crippen LogP contribution in [0.5, 0.6) is 5.75 Å². The lowest BCUT2D eigenvalue weighted by Crippen LogP contribution is -2.10. The summed E-state index contributed by atoms with van der Waals surface area (Å²) in [5.41, 5.74) is 1.97. The molecular weight excluding hydrogens is 433 g/mol. The average Bonchev–Trinajstić information content (AvgIpc) is 3.19. The maximum Gasteiger partial charge on any atom is 0.416 e. The molecule has 33 heavy (non-hydrogen) atoms. The number of imidazole rings is 1. The molecule has 0 aliphatic rings. The van der Waals surface area contributed by atoms with Crippen LogP contribution in [-0.4, -0.2) is 31.2 Å². The highest BCUT2D eigenvalue weighted by molar-refractivity contribution is 5.84. The minimum absolute atomic E-state index is 0.105. The molecule has 3 N–H and O–H groups in total. The Balaban J connectivity index is 1.59. The molecule has 0 fully saturated rings. The SMILES string of the molecule is CC(C)n1cnc2c(NCCc3ccc(O)cc3)nc(Nc3ccc(C(F)(F)F)cc3)nc21. The van der Waals surface area contributed by atoms with Crippen molar-refractivity contribution in [3.8, 4) is 5.75 Å². The van der Waals surface area contributed by atoms with Gasteiger partial charge in [0.1, 0.15) is 5.75 Å². The number of aromatic hydroxyl groups is 1. The van der Waals surface area contributed by atoms with Gasteiger partial charge < -0.3 is 20.3 Å². The van der Waals surface area contributed by atoms with Crippen molar-refractivity contribution >= 4 is 28.6 Å². The highest BCUT2D eigenvalue weighted by Gasteiger charge is 2.30. The predicted molar refractivity (Wildman–Crippen MR) is 121 cm³/mol. The van der Waals surface area contributed by atoms with E-state index < -0.39 is 11.7 Å². The van der Waals surface area contributed by atoms with Gasteiger partial charge in [-0.3, -0.25) is 0 Å². The second kappa shape index (κ2) is 8.97. The molecule has 0 aliphatic carbocycles. The van der Waals surface area contributed by atoms with Crippen molar-refractivity contribution in [1.29, 1.82) is 0 Å². The monoisotopic (exact) mass is 456 g/mol. The third kappa shape index (κ3) is 5.16. The third-order valence-corrected chi connectivity index (χ3v) is 5.09. The number of halogens is 3. The zero-order valence-electron chi connectivity index (χ0n) is 18.1. The Hall–Kier alpha value is -3.82. The number of nitrogens with zero attached hydrogens (tertiary/aromatic N) is 4. The van der Waals surface area contributed by atoms with Crippen LogP contribution in [0.4, 0.5) is 30.6 Å². The van der Waals surface area contributed by atoms with Gasteiger partial charge in [-0.05, 0) is 62.2 Å². The Kier molecular flexibility index (Phi) is 6.08. The molecule has 0 amide bonds. The van der Waals surface area contributed by atoms with Crippen molar-refractivity contribution in [2.24, 2.45) is 0 Å². The lowest BCUT2D eigenvalue weighted by molar-refractivity contribution is -0.137. The summed E-state index contributed by atoms with van der Waals surface area (Å²) < 4.78 is 40.4. The summed E-state index contributed by atoms with van der Waals surface area (Å²) in [7, 11) is 0. The molecule has 10 heteroatoms. The quantitative estimate of drug-likeness (QED) is 0.339. The molecule has 0 saturated carbocycles. The number of hydrogen-bond donors (Lipinski definition) is 3. The minimum Gasteiger partial charge on any atom is -0.508 e. The van der Waals surface area contributed by atoms with Crippen LogP contribution in [0, 0.1) is 0 Å². The van der Waals surface area contributed by atoms with Gasteiger partial charge in [-0.2, -0.15) is 23.1 Å². The molecule has 0 spiro atoms. The van der Waals surface area contributed by atoms with E-state index in [1.165, 1.54) is 12.1 Å². The van der Waals surface area contributed by atoms with Crippen LogP contribution in [0.2, 0.25) is 0 Å². The Morgan fingerprint density at radius 3 is 2.33 bits per heavy atom. The fraction of sp³-hybridized carbons (Fsp3) is 0.261. The van der Waals surface area contributed by atoms with Gasteiger partial charge >= 0.3 is 6.18 Å². The second-order valence-electron chi connectivity index (χ2n) is 7.86. The summed E-state index contributed by atoms with van der Waals surface area (Å²) >= 11 is 0. The van der Waals surface area contributed by atoms with E-state index in [0.717, 1.165) is 17.7 Å². The number of aromatic nitrogens is 4. The Labute approximate surface area is 188 Å². The minimum atomic E-state index is -4.40. The first-order valence-electron chi connectivity index (χ1n) is 10.4. The number of hydrogen-bond acceptors (Lipinski definition) is 6. The van der Waals surface area contributed by atoms with E-state index in [1.54, 1.807) is 18.5 Å². The molecule has 172 valence electrons. The van der Waals surface area contributed by atoms with Gasteiger partial charge in [0.05, 0.1) is 11.9 Å². The van der Waals surface area contributed by atoms with Crippen molar-refractivity contribution in [1.82, 2.24) is 19.5 Å². The van der Waals surface area contributed by atoms with Crippen molar-refractivity contribution in [3.63, 3.8) is 0 Å². The molecule has 0 bridgehead atoms. The lowest BCUT2D eigenvalue weighted by Gasteiger charge is -2.13. The van der Waals surface area contributed by atoms with Gasteiger partial charge in [-0.15, -0.1) is 0 Å². The maximum atomic E-state index is 12.8.